The Morgan fingerprint density at radius 3 is 2.44 bits per heavy atom. The lowest BCUT2D eigenvalue weighted by Crippen LogP contribution is -2.22. The Bertz CT molecular complexity index is 1360. The monoisotopic (exact) mass is 446 g/mol. The molecule has 0 unspecified atom stereocenters. The molecule has 162 valence electrons. The number of phenolic OH excluding ortho intramolecular Hbond substituents is 2. The first-order valence-electron chi connectivity index (χ1n) is 10.1. The average Bonchev–Trinajstić information content (AvgIpc) is 2.77. The number of para-hydroxylation sites is 1. The third-order valence-electron chi connectivity index (χ3n) is 5.18. The summed E-state index contributed by atoms with van der Waals surface area (Å²) in [6.07, 6.45) is 0. The van der Waals surface area contributed by atoms with Crippen LogP contribution in [0.4, 0.5) is 0 Å². The molecule has 0 bridgehead atoms. The number of thioether (sulfide) groups is 1. The number of benzene rings is 3. The summed E-state index contributed by atoms with van der Waals surface area (Å²) in [7, 11) is 0. The standard InChI is InChI=1S/C25H22N2O4S/c1-15(2)16-7-9-17(10-8-16)27-24(31)19-5-3-4-6-21(19)26-25(27)32-14-23(30)20-12-11-18(28)13-22(20)29/h3-13,15,28-29H,14H2,1-2H3. The Hall–Kier alpha value is -3.58. The van der Waals surface area contributed by atoms with E-state index in [-0.39, 0.29) is 34.2 Å². The van der Waals surface area contributed by atoms with E-state index in [4.69, 9.17) is 0 Å². The summed E-state index contributed by atoms with van der Waals surface area (Å²) in [5.41, 5.74) is 2.26. The predicted molar refractivity (Wildman–Crippen MR) is 126 cm³/mol. The highest BCUT2D eigenvalue weighted by molar-refractivity contribution is 7.99. The number of rotatable bonds is 6. The van der Waals surface area contributed by atoms with Gasteiger partial charge in [0.2, 0.25) is 0 Å². The minimum Gasteiger partial charge on any atom is -0.508 e. The third-order valence-corrected chi connectivity index (χ3v) is 6.12. The third kappa shape index (κ3) is 4.24. The SMILES string of the molecule is CC(C)c1ccc(-n2c(SCC(=O)c3ccc(O)cc3O)nc3ccccc3c2=O)cc1. The molecule has 0 fully saturated rings. The largest absolute Gasteiger partial charge is 0.508 e. The van der Waals surface area contributed by atoms with Crippen molar-refractivity contribution in [2.45, 2.75) is 24.9 Å². The summed E-state index contributed by atoms with van der Waals surface area (Å²) in [6.45, 7) is 4.20. The number of phenols is 2. The molecule has 1 heterocycles. The Balaban J connectivity index is 1.75. The van der Waals surface area contributed by atoms with Crippen molar-refractivity contribution in [2.24, 2.45) is 0 Å². The maximum atomic E-state index is 13.3. The number of Topliss-reactive ketones (excluding diaryl/α,β-unsaturated/α-hetero) is 1. The van der Waals surface area contributed by atoms with Crippen molar-refractivity contribution in [2.75, 3.05) is 5.75 Å². The van der Waals surface area contributed by atoms with Crippen molar-refractivity contribution < 1.29 is 15.0 Å². The molecule has 0 atom stereocenters. The normalized spacial score (nSPS) is 11.2. The molecular formula is C25H22N2O4S. The summed E-state index contributed by atoms with van der Waals surface area (Å²) in [5, 5.41) is 20.3. The van der Waals surface area contributed by atoms with Gasteiger partial charge in [0.25, 0.3) is 5.56 Å². The van der Waals surface area contributed by atoms with Gasteiger partial charge >= 0.3 is 0 Å². The highest BCUT2D eigenvalue weighted by Crippen LogP contribution is 2.27. The van der Waals surface area contributed by atoms with Gasteiger partial charge in [-0.15, -0.1) is 0 Å². The van der Waals surface area contributed by atoms with Gasteiger partial charge in [-0.2, -0.15) is 0 Å². The highest BCUT2D eigenvalue weighted by atomic mass is 32.2. The zero-order valence-corrected chi connectivity index (χ0v) is 18.5. The number of carbonyl (C=O) groups is 1. The summed E-state index contributed by atoms with van der Waals surface area (Å²) in [4.78, 5) is 30.7. The molecule has 0 aliphatic heterocycles. The Morgan fingerprint density at radius 1 is 1.03 bits per heavy atom. The molecule has 0 radical (unpaired) electrons. The van der Waals surface area contributed by atoms with Gasteiger partial charge in [-0.05, 0) is 47.9 Å². The zero-order valence-electron chi connectivity index (χ0n) is 17.6. The number of nitrogens with zero attached hydrogens (tertiary/aromatic N) is 2. The number of hydrogen-bond donors (Lipinski definition) is 2. The van der Waals surface area contributed by atoms with E-state index in [0.717, 1.165) is 23.4 Å². The minimum absolute atomic E-state index is 0.0345. The van der Waals surface area contributed by atoms with Crippen LogP contribution in [0.3, 0.4) is 0 Å². The molecule has 1 aromatic heterocycles. The van der Waals surface area contributed by atoms with Crippen molar-refractivity contribution in [3.63, 3.8) is 0 Å². The van der Waals surface area contributed by atoms with Crippen molar-refractivity contribution in [1.82, 2.24) is 9.55 Å². The fourth-order valence-corrected chi connectivity index (χ4v) is 4.30. The Morgan fingerprint density at radius 2 is 1.75 bits per heavy atom. The van der Waals surface area contributed by atoms with Gasteiger partial charge in [0.05, 0.1) is 27.9 Å². The van der Waals surface area contributed by atoms with Gasteiger partial charge in [-0.3, -0.25) is 14.2 Å². The molecule has 2 N–H and O–H groups in total. The molecule has 0 saturated carbocycles. The van der Waals surface area contributed by atoms with Crippen molar-refractivity contribution >= 4 is 28.4 Å². The second kappa shape index (κ2) is 8.88. The van der Waals surface area contributed by atoms with Gasteiger partial charge in [0.15, 0.2) is 10.9 Å². The molecule has 4 aromatic rings. The van der Waals surface area contributed by atoms with Crippen LogP contribution in [0.25, 0.3) is 16.6 Å². The maximum absolute atomic E-state index is 13.3. The van der Waals surface area contributed by atoms with Crippen LogP contribution in [0.15, 0.2) is 76.7 Å². The number of fused-ring (bicyclic) bond motifs is 1. The molecule has 4 rings (SSSR count). The quantitative estimate of drug-likeness (QED) is 0.249. The lowest BCUT2D eigenvalue weighted by molar-refractivity contribution is 0.102. The Labute approximate surface area is 189 Å². The van der Waals surface area contributed by atoms with Gasteiger partial charge in [-0.25, -0.2) is 4.98 Å². The van der Waals surface area contributed by atoms with Crippen LogP contribution < -0.4 is 5.56 Å². The second-order valence-corrected chi connectivity index (χ2v) is 8.65. The van der Waals surface area contributed by atoms with Crippen LogP contribution in [0.5, 0.6) is 11.5 Å². The molecular weight excluding hydrogens is 424 g/mol. The van der Waals surface area contributed by atoms with E-state index in [2.05, 4.69) is 18.8 Å². The lowest BCUT2D eigenvalue weighted by atomic mass is 10.0. The first-order chi connectivity index (χ1) is 15.3. The summed E-state index contributed by atoms with van der Waals surface area (Å²) in [5.74, 6) is -0.422. The van der Waals surface area contributed by atoms with Crippen molar-refractivity contribution in [1.29, 1.82) is 0 Å². The molecule has 7 heteroatoms. The molecule has 0 amide bonds. The van der Waals surface area contributed by atoms with Crippen molar-refractivity contribution in [3.8, 4) is 17.2 Å². The van der Waals surface area contributed by atoms with Crippen LogP contribution in [0.1, 0.15) is 35.7 Å². The van der Waals surface area contributed by atoms with Crippen molar-refractivity contribution in [3.05, 3.63) is 88.2 Å². The topological polar surface area (TPSA) is 92.4 Å². The zero-order chi connectivity index (χ0) is 22.8. The molecule has 0 aliphatic rings. The van der Waals surface area contributed by atoms with E-state index >= 15 is 0 Å². The van der Waals surface area contributed by atoms with Gasteiger partial charge in [-0.1, -0.05) is 49.9 Å². The number of aromatic hydroxyl groups is 2. The van der Waals surface area contributed by atoms with Crippen LogP contribution in [-0.2, 0) is 0 Å². The highest BCUT2D eigenvalue weighted by Gasteiger charge is 2.17. The molecule has 32 heavy (non-hydrogen) atoms. The van der Waals surface area contributed by atoms with E-state index in [0.29, 0.717) is 27.7 Å². The van der Waals surface area contributed by atoms with Crippen LogP contribution >= 0.6 is 11.8 Å². The van der Waals surface area contributed by atoms with Gasteiger partial charge < -0.3 is 10.2 Å². The van der Waals surface area contributed by atoms with Crippen LogP contribution in [-0.4, -0.2) is 31.3 Å². The smallest absolute Gasteiger partial charge is 0.266 e. The summed E-state index contributed by atoms with van der Waals surface area (Å²) >= 11 is 1.13. The summed E-state index contributed by atoms with van der Waals surface area (Å²) < 4.78 is 1.51. The van der Waals surface area contributed by atoms with E-state index < -0.39 is 0 Å². The van der Waals surface area contributed by atoms with E-state index in [1.807, 2.05) is 30.3 Å². The molecule has 3 aromatic carbocycles. The Kier molecular flexibility index (Phi) is 6.01. The number of ketones is 1. The van der Waals surface area contributed by atoms with E-state index in [1.54, 1.807) is 18.2 Å². The molecule has 0 saturated heterocycles. The van der Waals surface area contributed by atoms with Crippen LogP contribution in [0, 0.1) is 0 Å². The minimum atomic E-state index is -0.336. The van der Waals surface area contributed by atoms with Gasteiger partial charge in [0.1, 0.15) is 11.5 Å². The lowest BCUT2D eigenvalue weighted by Gasteiger charge is -2.14. The number of carbonyl (C=O) groups excluding carboxylic acids is 1. The molecule has 6 nitrogen and oxygen atoms in total. The maximum Gasteiger partial charge on any atom is 0.266 e. The van der Waals surface area contributed by atoms with Crippen LogP contribution in [0.2, 0.25) is 0 Å². The van der Waals surface area contributed by atoms with Gasteiger partial charge in [0, 0.05) is 6.07 Å². The first kappa shape index (κ1) is 21.6. The van der Waals surface area contributed by atoms with E-state index in [1.165, 1.54) is 16.7 Å². The second-order valence-electron chi connectivity index (χ2n) is 7.71. The number of aromatic nitrogens is 2. The fourth-order valence-electron chi connectivity index (χ4n) is 3.41. The number of hydrogen-bond acceptors (Lipinski definition) is 6. The molecule has 0 spiro atoms. The summed E-state index contributed by atoms with van der Waals surface area (Å²) in [6, 6.07) is 18.7. The first-order valence-corrected chi connectivity index (χ1v) is 11.1. The average molecular weight is 447 g/mol. The van der Waals surface area contributed by atoms with E-state index in [9.17, 15) is 19.8 Å². The predicted octanol–water partition coefficient (Wildman–Crippen LogP) is 4.90. The molecule has 0 aliphatic carbocycles. The fraction of sp³-hybridized carbons (Fsp3) is 0.160.